The number of halogens is 2. The normalized spacial score (nSPS) is 10.4. The van der Waals surface area contributed by atoms with E-state index in [9.17, 15) is 13.6 Å². The summed E-state index contributed by atoms with van der Waals surface area (Å²) in [6.07, 6.45) is 0.833. The van der Waals surface area contributed by atoms with Crippen LogP contribution in [0.3, 0.4) is 0 Å². The SMILES string of the molecule is CCc1ccc(C(=O)c2c(F)cc(OC)cc2F)cc1. The predicted molar refractivity (Wildman–Crippen MR) is 72.2 cm³/mol. The molecule has 0 saturated carbocycles. The number of aryl methyl sites for hydroxylation is 1. The van der Waals surface area contributed by atoms with Crippen LogP contribution in [0.1, 0.15) is 28.4 Å². The molecule has 0 heterocycles. The number of methoxy groups -OCH3 is 1. The Morgan fingerprint density at radius 3 is 2.10 bits per heavy atom. The molecule has 2 aromatic rings. The fourth-order valence-electron chi connectivity index (χ4n) is 1.92. The zero-order chi connectivity index (χ0) is 14.7. The van der Waals surface area contributed by atoms with Crippen LogP contribution in [0.5, 0.6) is 5.75 Å². The highest BCUT2D eigenvalue weighted by Gasteiger charge is 2.20. The third-order valence-corrected chi connectivity index (χ3v) is 3.10. The second kappa shape index (κ2) is 5.82. The summed E-state index contributed by atoms with van der Waals surface area (Å²) in [4.78, 5) is 12.2. The van der Waals surface area contributed by atoms with E-state index >= 15 is 0 Å². The van der Waals surface area contributed by atoms with Gasteiger partial charge >= 0.3 is 0 Å². The summed E-state index contributed by atoms with van der Waals surface area (Å²) >= 11 is 0. The molecule has 0 N–H and O–H groups in total. The zero-order valence-corrected chi connectivity index (χ0v) is 11.2. The molecule has 0 radical (unpaired) electrons. The molecule has 0 amide bonds. The summed E-state index contributed by atoms with van der Waals surface area (Å²) in [5.41, 5.74) is 0.748. The molecule has 4 heteroatoms. The number of rotatable bonds is 4. The largest absolute Gasteiger partial charge is 0.497 e. The van der Waals surface area contributed by atoms with Crippen molar-refractivity contribution in [1.82, 2.24) is 0 Å². The van der Waals surface area contributed by atoms with E-state index in [-0.39, 0.29) is 11.3 Å². The van der Waals surface area contributed by atoms with Crippen LogP contribution >= 0.6 is 0 Å². The second-order valence-electron chi connectivity index (χ2n) is 4.35. The molecule has 20 heavy (non-hydrogen) atoms. The highest BCUT2D eigenvalue weighted by atomic mass is 19.1. The van der Waals surface area contributed by atoms with Crippen LogP contribution in [0, 0.1) is 11.6 Å². The molecule has 0 fully saturated rings. The van der Waals surface area contributed by atoms with Crippen molar-refractivity contribution in [3.05, 3.63) is 64.7 Å². The van der Waals surface area contributed by atoms with E-state index in [2.05, 4.69) is 0 Å². The van der Waals surface area contributed by atoms with Crippen molar-refractivity contribution in [2.24, 2.45) is 0 Å². The lowest BCUT2D eigenvalue weighted by molar-refractivity contribution is 0.103. The average Bonchev–Trinajstić information content (AvgIpc) is 2.46. The molecular formula is C16H14F2O2. The molecular weight excluding hydrogens is 262 g/mol. The van der Waals surface area contributed by atoms with Gasteiger partial charge in [-0.15, -0.1) is 0 Å². The van der Waals surface area contributed by atoms with E-state index in [0.717, 1.165) is 24.1 Å². The number of benzene rings is 2. The topological polar surface area (TPSA) is 26.3 Å². The molecule has 104 valence electrons. The molecule has 0 aliphatic carbocycles. The molecule has 2 nitrogen and oxygen atoms in total. The maximum Gasteiger partial charge on any atom is 0.198 e. The van der Waals surface area contributed by atoms with E-state index in [4.69, 9.17) is 4.74 Å². The van der Waals surface area contributed by atoms with Gasteiger partial charge in [-0.1, -0.05) is 31.2 Å². The lowest BCUT2D eigenvalue weighted by atomic mass is 10.0. The van der Waals surface area contributed by atoms with Crippen LogP contribution < -0.4 is 4.74 Å². The molecule has 0 unspecified atom stereocenters. The minimum Gasteiger partial charge on any atom is -0.497 e. The van der Waals surface area contributed by atoms with Gasteiger partial charge in [0.1, 0.15) is 17.4 Å². The van der Waals surface area contributed by atoms with E-state index in [1.54, 1.807) is 24.3 Å². The molecule has 0 aliphatic heterocycles. The Bertz CT molecular complexity index is 610. The van der Waals surface area contributed by atoms with Gasteiger partial charge in [-0.3, -0.25) is 4.79 Å². The smallest absolute Gasteiger partial charge is 0.198 e. The van der Waals surface area contributed by atoms with Gasteiger partial charge in [-0.25, -0.2) is 8.78 Å². The van der Waals surface area contributed by atoms with Crippen molar-refractivity contribution in [2.75, 3.05) is 7.11 Å². The molecule has 0 atom stereocenters. The first-order valence-corrected chi connectivity index (χ1v) is 6.23. The number of carbonyl (C=O) groups is 1. The van der Waals surface area contributed by atoms with Crippen LogP contribution in [0.15, 0.2) is 36.4 Å². The summed E-state index contributed by atoms with van der Waals surface area (Å²) < 4.78 is 32.4. The van der Waals surface area contributed by atoms with E-state index in [1.165, 1.54) is 7.11 Å². The lowest BCUT2D eigenvalue weighted by Gasteiger charge is -2.07. The third-order valence-electron chi connectivity index (χ3n) is 3.10. The highest BCUT2D eigenvalue weighted by Crippen LogP contribution is 2.23. The minimum absolute atomic E-state index is 0.0397. The Morgan fingerprint density at radius 1 is 1.10 bits per heavy atom. The van der Waals surface area contributed by atoms with E-state index in [0.29, 0.717) is 0 Å². The summed E-state index contributed by atoms with van der Waals surface area (Å²) in [5.74, 6) is -2.49. The van der Waals surface area contributed by atoms with Crippen molar-refractivity contribution < 1.29 is 18.3 Å². The first-order chi connectivity index (χ1) is 9.56. The first kappa shape index (κ1) is 14.2. The Balaban J connectivity index is 2.42. The van der Waals surface area contributed by atoms with Crippen LogP contribution in [0.4, 0.5) is 8.78 Å². The Labute approximate surface area is 116 Å². The highest BCUT2D eigenvalue weighted by molar-refractivity contribution is 6.09. The van der Waals surface area contributed by atoms with Crippen LogP contribution in [0.2, 0.25) is 0 Å². The van der Waals surface area contributed by atoms with Gasteiger partial charge in [0.05, 0.1) is 12.7 Å². The van der Waals surface area contributed by atoms with Gasteiger partial charge in [0.2, 0.25) is 0 Å². The summed E-state index contributed by atoms with van der Waals surface area (Å²) in [5, 5.41) is 0. The number of carbonyl (C=O) groups excluding carboxylic acids is 1. The fourth-order valence-corrected chi connectivity index (χ4v) is 1.92. The standard InChI is InChI=1S/C16H14F2O2/c1-3-10-4-6-11(7-5-10)16(19)15-13(17)8-12(20-2)9-14(15)18/h4-9H,3H2,1-2H3. The summed E-state index contributed by atoms with van der Waals surface area (Å²) in [6.45, 7) is 1.99. The maximum atomic E-state index is 13.8. The summed E-state index contributed by atoms with van der Waals surface area (Å²) in [7, 11) is 1.30. The lowest BCUT2D eigenvalue weighted by Crippen LogP contribution is -2.08. The number of hydrogen-bond acceptors (Lipinski definition) is 2. The fraction of sp³-hybridized carbons (Fsp3) is 0.188. The Hall–Kier alpha value is -2.23. The monoisotopic (exact) mass is 276 g/mol. The molecule has 2 aromatic carbocycles. The first-order valence-electron chi connectivity index (χ1n) is 6.23. The van der Waals surface area contributed by atoms with Crippen molar-refractivity contribution in [3.63, 3.8) is 0 Å². The minimum atomic E-state index is -0.925. The van der Waals surface area contributed by atoms with Crippen LogP contribution in [-0.4, -0.2) is 12.9 Å². The number of ether oxygens (including phenoxy) is 1. The molecule has 0 bridgehead atoms. The van der Waals surface area contributed by atoms with Gasteiger partial charge in [0.15, 0.2) is 5.78 Å². The van der Waals surface area contributed by atoms with E-state index in [1.807, 2.05) is 6.92 Å². The Kier molecular flexibility index (Phi) is 4.13. The maximum absolute atomic E-state index is 13.8. The van der Waals surface area contributed by atoms with Gasteiger partial charge < -0.3 is 4.74 Å². The van der Waals surface area contributed by atoms with Crippen molar-refractivity contribution in [2.45, 2.75) is 13.3 Å². The molecule has 0 aliphatic rings. The predicted octanol–water partition coefficient (Wildman–Crippen LogP) is 3.77. The van der Waals surface area contributed by atoms with Crippen molar-refractivity contribution in [1.29, 1.82) is 0 Å². The van der Waals surface area contributed by atoms with Gasteiger partial charge in [0, 0.05) is 17.7 Å². The second-order valence-corrected chi connectivity index (χ2v) is 4.35. The number of hydrogen-bond donors (Lipinski definition) is 0. The van der Waals surface area contributed by atoms with E-state index < -0.39 is 23.0 Å². The third kappa shape index (κ3) is 2.69. The summed E-state index contributed by atoms with van der Waals surface area (Å²) in [6, 6.07) is 8.68. The zero-order valence-electron chi connectivity index (χ0n) is 11.2. The molecule has 2 rings (SSSR count). The van der Waals surface area contributed by atoms with Crippen LogP contribution in [0.25, 0.3) is 0 Å². The Morgan fingerprint density at radius 2 is 1.65 bits per heavy atom. The van der Waals surface area contributed by atoms with Crippen molar-refractivity contribution in [3.8, 4) is 5.75 Å². The molecule has 0 aromatic heterocycles. The average molecular weight is 276 g/mol. The quantitative estimate of drug-likeness (QED) is 0.795. The number of ketones is 1. The van der Waals surface area contributed by atoms with Gasteiger partial charge in [-0.2, -0.15) is 0 Å². The van der Waals surface area contributed by atoms with Crippen LogP contribution in [-0.2, 0) is 6.42 Å². The molecule has 0 spiro atoms. The van der Waals surface area contributed by atoms with Gasteiger partial charge in [0.25, 0.3) is 0 Å². The van der Waals surface area contributed by atoms with Gasteiger partial charge in [-0.05, 0) is 12.0 Å². The molecule has 0 saturated heterocycles. The van der Waals surface area contributed by atoms with Crippen molar-refractivity contribution >= 4 is 5.78 Å².